The fraction of sp³-hybridized carbons (Fsp3) is 0.517. The minimum Gasteiger partial charge on any atom is -0.454 e. The highest BCUT2D eigenvalue weighted by Gasteiger charge is 2.77. The summed E-state index contributed by atoms with van der Waals surface area (Å²) < 4.78 is 22.8. The van der Waals surface area contributed by atoms with Gasteiger partial charge in [-0.3, -0.25) is 15.0 Å². The summed E-state index contributed by atoms with van der Waals surface area (Å²) in [6.45, 7) is 3.27. The van der Waals surface area contributed by atoms with Gasteiger partial charge < -0.3 is 9.84 Å². The summed E-state index contributed by atoms with van der Waals surface area (Å²) in [7, 11) is 0. The van der Waals surface area contributed by atoms with Gasteiger partial charge in [0, 0.05) is 28.9 Å². The quantitative estimate of drug-likeness (QED) is 0.607. The van der Waals surface area contributed by atoms with Gasteiger partial charge in [-0.25, -0.2) is 9.18 Å². The molecule has 8 heteroatoms. The standard InChI is InChI=1S/C29H31FN2O5/c1-26-11-10-20(33)12-18(26)8-9-21-22-13-19-15-31-32-29(19,27(22,2)14-23(34)28(21,26)30)24(35)16-37-25(36)17-6-4-3-5-7-17/h3-7,10-12,15,19,21-23,32,34H,8-9,13-14,16H2,1-2H3/t19-,21-,22-,23-,26-,27-,28-,29-/m0/s1. The van der Waals surface area contributed by atoms with Crippen LogP contribution in [0.1, 0.15) is 49.9 Å². The highest BCUT2D eigenvalue weighted by atomic mass is 19.1. The van der Waals surface area contributed by atoms with Crippen LogP contribution in [0.3, 0.4) is 0 Å². The fourth-order valence-electron chi connectivity index (χ4n) is 8.42. The first-order chi connectivity index (χ1) is 17.6. The number of aliphatic hydroxyl groups excluding tert-OH is 1. The van der Waals surface area contributed by atoms with Crippen LogP contribution in [0.4, 0.5) is 4.39 Å². The van der Waals surface area contributed by atoms with Crippen LogP contribution in [0.25, 0.3) is 0 Å². The van der Waals surface area contributed by atoms with Gasteiger partial charge in [-0.1, -0.05) is 36.8 Å². The van der Waals surface area contributed by atoms with Gasteiger partial charge in [0.1, 0.15) is 5.54 Å². The number of esters is 1. The molecular weight excluding hydrogens is 475 g/mol. The van der Waals surface area contributed by atoms with Gasteiger partial charge in [0.25, 0.3) is 0 Å². The van der Waals surface area contributed by atoms with Gasteiger partial charge in [-0.05, 0) is 62.8 Å². The van der Waals surface area contributed by atoms with E-state index in [2.05, 4.69) is 10.5 Å². The number of halogens is 1. The SMILES string of the molecule is C[C@]12C=CC(=O)C=C1CC[C@H]1[C@@H]3C[C@H]4C=NN[C@@]4(C(=O)COC(=O)c4ccccc4)[C@@]3(C)C[C@H](O)[C@@]12F. The summed E-state index contributed by atoms with van der Waals surface area (Å²) >= 11 is 0. The third-order valence-electron chi connectivity index (χ3n) is 10.3. The maximum atomic E-state index is 17.3. The fourth-order valence-corrected chi connectivity index (χ4v) is 8.42. The molecule has 2 N–H and O–H groups in total. The molecule has 4 aliphatic carbocycles. The Labute approximate surface area is 214 Å². The lowest BCUT2D eigenvalue weighted by Gasteiger charge is -2.62. The molecule has 5 aliphatic rings. The zero-order valence-corrected chi connectivity index (χ0v) is 20.9. The molecule has 0 saturated heterocycles. The van der Waals surface area contributed by atoms with E-state index in [0.717, 1.165) is 5.57 Å². The van der Waals surface area contributed by atoms with E-state index in [9.17, 15) is 19.5 Å². The Bertz CT molecular complexity index is 1280. The molecule has 37 heavy (non-hydrogen) atoms. The molecule has 194 valence electrons. The smallest absolute Gasteiger partial charge is 0.338 e. The van der Waals surface area contributed by atoms with E-state index in [1.54, 1.807) is 49.5 Å². The van der Waals surface area contributed by atoms with Crippen molar-refractivity contribution in [2.45, 2.75) is 56.8 Å². The topological polar surface area (TPSA) is 105 Å². The van der Waals surface area contributed by atoms with Gasteiger partial charge in [-0.2, -0.15) is 5.10 Å². The number of ether oxygens (including phenoxy) is 1. The molecule has 0 spiro atoms. The molecule has 0 bridgehead atoms. The lowest BCUT2D eigenvalue weighted by molar-refractivity contribution is -0.200. The number of nitrogens with one attached hydrogen (secondary N) is 1. The molecule has 1 aromatic rings. The first-order valence-electron chi connectivity index (χ1n) is 12.9. The average Bonchev–Trinajstić information content (AvgIpc) is 3.41. The summed E-state index contributed by atoms with van der Waals surface area (Å²) in [5.41, 5.74) is -0.959. The number of benzene rings is 1. The van der Waals surface area contributed by atoms with Crippen molar-refractivity contribution in [3.05, 3.63) is 59.7 Å². The van der Waals surface area contributed by atoms with Crippen molar-refractivity contribution in [2.24, 2.45) is 33.7 Å². The molecule has 0 radical (unpaired) electrons. The molecule has 1 heterocycles. The minimum atomic E-state index is -1.97. The van der Waals surface area contributed by atoms with Gasteiger partial charge >= 0.3 is 5.97 Å². The third-order valence-corrected chi connectivity index (χ3v) is 10.3. The van der Waals surface area contributed by atoms with E-state index in [0.29, 0.717) is 24.8 Å². The van der Waals surface area contributed by atoms with Crippen LogP contribution in [0.15, 0.2) is 59.2 Å². The second-order valence-corrected chi connectivity index (χ2v) is 11.7. The zero-order valence-electron chi connectivity index (χ0n) is 20.9. The van der Waals surface area contributed by atoms with Crippen molar-refractivity contribution < 1.29 is 28.6 Å². The summed E-state index contributed by atoms with van der Waals surface area (Å²) in [5, 5.41) is 15.8. The van der Waals surface area contributed by atoms with Crippen LogP contribution in [0, 0.1) is 28.6 Å². The number of carbonyl (C=O) groups excluding carboxylic acids is 3. The molecule has 7 nitrogen and oxygen atoms in total. The highest BCUT2D eigenvalue weighted by molar-refractivity contribution is 6.01. The average molecular weight is 507 g/mol. The Morgan fingerprint density at radius 2 is 1.97 bits per heavy atom. The molecule has 3 fully saturated rings. The second kappa shape index (κ2) is 7.93. The zero-order chi connectivity index (χ0) is 26.2. The Morgan fingerprint density at radius 1 is 1.22 bits per heavy atom. The minimum absolute atomic E-state index is 0.0422. The number of Topliss-reactive ketones (excluding diaryl/α,β-unsaturated/α-hetero) is 1. The summed E-state index contributed by atoms with van der Waals surface area (Å²) in [6, 6.07) is 8.47. The van der Waals surface area contributed by atoms with Crippen molar-refractivity contribution in [3.63, 3.8) is 0 Å². The van der Waals surface area contributed by atoms with E-state index < -0.39 is 46.6 Å². The van der Waals surface area contributed by atoms with Gasteiger partial charge in [0.2, 0.25) is 0 Å². The van der Waals surface area contributed by atoms with E-state index >= 15 is 4.39 Å². The first kappa shape index (κ1) is 24.2. The van der Waals surface area contributed by atoms with Crippen molar-refractivity contribution in [2.75, 3.05) is 6.61 Å². The molecule has 6 rings (SSSR count). The number of ketones is 2. The number of carbonyl (C=O) groups is 3. The lowest BCUT2D eigenvalue weighted by atomic mass is 9.44. The van der Waals surface area contributed by atoms with E-state index in [1.165, 1.54) is 12.2 Å². The normalized spacial score (nSPS) is 43.1. The maximum Gasteiger partial charge on any atom is 0.338 e. The lowest BCUT2D eigenvalue weighted by Crippen LogP contribution is -2.71. The van der Waals surface area contributed by atoms with Gasteiger partial charge in [0.15, 0.2) is 23.8 Å². The summed E-state index contributed by atoms with van der Waals surface area (Å²) in [6.07, 6.45) is 6.51. The number of alkyl halides is 1. The third kappa shape index (κ3) is 2.96. The predicted molar refractivity (Wildman–Crippen MR) is 133 cm³/mol. The molecule has 3 saturated carbocycles. The number of nitrogens with zero attached hydrogens (tertiary/aromatic N) is 1. The van der Waals surface area contributed by atoms with Gasteiger partial charge in [-0.15, -0.1) is 0 Å². The van der Waals surface area contributed by atoms with Crippen LogP contribution in [0.5, 0.6) is 0 Å². The summed E-state index contributed by atoms with van der Waals surface area (Å²) in [4.78, 5) is 38.4. The van der Waals surface area contributed by atoms with Crippen molar-refractivity contribution in [1.29, 1.82) is 0 Å². The van der Waals surface area contributed by atoms with Crippen LogP contribution >= 0.6 is 0 Å². The molecule has 1 aliphatic heterocycles. The number of hydrogen-bond acceptors (Lipinski definition) is 7. The molecule has 0 unspecified atom stereocenters. The van der Waals surface area contributed by atoms with Gasteiger partial charge in [0.05, 0.1) is 11.7 Å². The monoisotopic (exact) mass is 506 g/mol. The van der Waals surface area contributed by atoms with Crippen molar-refractivity contribution in [3.8, 4) is 0 Å². The van der Waals surface area contributed by atoms with E-state index in [-0.39, 0.29) is 29.8 Å². The number of rotatable bonds is 4. The number of hydrazone groups is 1. The van der Waals surface area contributed by atoms with Crippen molar-refractivity contribution >= 4 is 23.8 Å². The molecule has 1 aromatic carbocycles. The Kier molecular flexibility index (Phi) is 5.19. The number of aliphatic hydroxyl groups is 1. The Hall–Kier alpha value is -3.13. The van der Waals surface area contributed by atoms with Crippen molar-refractivity contribution in [1.82, 2.24) is 5.43 Å². The predicted octanol–water partition coefficient (Wildman–Crippen LogP) is 3.34. The maximum absolute atomic E-state index is 17.3. The molecule has 0 aromatic heterocycles. The second-order valence-electron chi connectivity index (χ2n) is 11.7. The summed E-state index contributed by atoms with van der Waals surface area (Å²) in [5.74, 6) is -2.12. The number of allylic oxidation sites excluding steroid dienone is 4. The molecule has 0 amide bonds. The highest BCUT2D eigenvalue weighted by Crippen LogP contribution is 2.71. The van der Waals surface area contributed by atoms with Crippen LogP contribution in [-0.2, 0) is 14.3 Å². The Morgan fingerprint density at radius 3 is 2.73 bits per heavy atom. The van der Waals surface area contributed by atoms with Crippen LogP contribution in [0.2, 0.25) is 0 Å². The first-order valence-corrected chi connectivity index (χ1v) is 12.9. The molecular formula is C29H31FN2O5. The number of fused-ring (bicyclic) bond motifs is 7. The van der Waals surface area contributed by atoms with E-state index in [4.69, 9.17) is 4.74 Å². The largest absolute Gasteiger partial charge is 0.454 e. The van der Waals surface area contributed by atoms with Crippen LogP contribution < -0.4 is 5.43 Å². The molecule has 8 atom stereocenters. The van der Waals surface area contributed by atoms with E-state index in [1.807, 2.05) is 6.92 Å². The number of hydrogen-bond donors (Lipinski definition) is 2. The Balaban J connectivity index is 1.33. The van der Waals surface area contributed by atoms with Crippen LogP contribution in [-0.4, -0.2) is 52.8 Å².